The van der Waals surface area contributed by atoms with E-state index in [0.717, 1.165) is 17.7 Å². The summed E-state index contributed by atoms with van der Waals surface area (Å²) in [5, 5.41) is 6.10. The zero-order valence-corrected chi connectivity index (χ0v) is 12.3. The van der Waals surface area contributed by atoms with Gasteiger partial charge in [0.05, 0.1) is 5.57 Å². The van der Waals surface area contributed by atoms with Crippen molar-refractivity contribution in [3.8, 4) is 0 Å². The second-order valence-electron chi connectivity index (χ2n) is 4.51. The fourth-order valence-electron chi connectivity index (χ4n) is 2.00. The zero-order chi connectivity index (χ0) is 14.5. The first kappa shape index (κ1) is 14.5. The number of amides is 1. The molecule has 1 aliphatic carbocycles. The van der Waals surface area contributed by atoms with E-state index in [1.165, 1.54) is 11.3 Å². The first-order valence-electron chi connectivity index (χ1n) is 6.46. The highest BCUT2D eigenvalue weighted by atomic mass is 32.1. The Kier molecular flexibility index (Phi) is 4.68. The second kappa shape index (κ2) is 6.47. The average molecular weight is 291 g/mol. The van der Waals surface area contributed by atoms with Gasteiger partial charge in [0.1, 0.15) is 0 Å². The molecule has 1 aromatic rings. The van der Waals surface area contributed by atoms with E-state index in [1.807, 2.05) is 13.0 Å². The van der Waals surface area contributed by atoms with Crippen LogP contribution >= 0.6 is 11.3 Å². The number of aromatic nitrogens is 1. The minimum atomic E-state index is -0.310. The van der Waals surface area contributed by atoms with Crippen LogP contribution in [0.2, 0.25) is 0 Å². The van der Waals surface area contributed by atoms with Gasteiger partial charge in [-0.3, -0.25) is 14.9 Å². The Balaban J connectivity index is 2.20. The van der Waals surface area contributed by atoms with Crippen molar-refractivity contribution in [3.05, 3.63) is 34.5 Å². The Hall–Kier alpha value is -1.95. The molecule has 20 heavy (non-hydrogen) atoms. The lowest BCUT2D eigenvalue weighted by atomic mass is 9.92. The maximum absolute atomic E-state index is 12.3. The summed E-state index contributed by atoms with van der Waals surface area (Å²) >= 11 is 1.40. The van der Waals surface area contributed by atoms with Gasteiger partial charge in [-0.1, -0.05) is 6.08 Å². The van der Waals surface area contributed by atoms with Gasteiger partial charge in [0.25, 0.3) is 5.91 Å². The fraction of sp³-hybridized carbons (Fsp3) is 0.357. The van der Waals surface area contributed by atoms with Crippen molar-refractivity contribution in [2.24, 2.45) is 0 Å². The van der Waals surface area contributed by atoms with Crippen molar-refractivity contribution in [1.82, 2.24) is 10.3 Å². The molecule has 106 valence electrons. The largest absolute Gasteiger partial charge is 0.393 e. The highest BCUT2D eigenvalue weighted by Crippen LogP contribution is 2.23. The average Bonchev–Trinajstić information content (AvgIpc) is 2.82. The van der Waals surface area contributed by atoms with E-state index < -0.39 is 0 Å². The standard InChI is InChI=1S/C14H17N3O2S/c1-9-7-16-14(20-9)17-13(19)11(8-15-2)10-5-3-4-6-12(10)18/h5,7-8,15H,3-4,6H2,1-2H3,(H,16,17,19)/b11-8+. The topological polar surface area (TPSA) is 71.1 Å². The van der Waals surface area contributed by atoms with E-state index >= 15 is 0 Å². The molecule has 2 rings (SSSR count). The molecule has 0 saturated carbocycles. The van der Waals surface area contributed by atoms with Gasteiger partial charge in [0.15, 0.2) is 10.9 Å². The lowest BCUT2D eigenvalue weighted by Gasteiger charge is -2.14. The summed E-state index contributed by atoms with van der Waals surface area (Å²) in [6.45, 7) is 1.92. The van der Waals surface area contributed by atoms with E-state index in [0.29, 0.717) is 22.7 Å². The number of rotatable bonds is 4. The molecule has 1 aromatic heterocycles. The number of hydrogen-bond donors (Lipinski definition) is 2. The highest BCUT2D eigenvalue weighted by molar-refractivity contribution is 7.15. The molecule has 0 bridgehead atoms. The number of Topliss-reactive ketones (excluding diaryl/α,β-unsaturated/α-hetero) is 1. The molecule has 1 amide bonds. The Bertz CT molecular complexity index is 587. The number of hydrogen-bond acceptors (Lipinski definition) is 5. The molecule has 0 atom stereocenters. The fourth-order valence-corrected chi connectivity index (χ4v) is 2.66. The monoisotopic (exact) mass is 291 g/mol. The number of nitrogens with zero attached hydrogens (tertiary/aromatic N) is 1. The third kappa shape index (κ3) is 3.33. The minimum Gasteiger partial charge on any atom is -0.393 e. The van der Waals surface area contributed by atoms with Crippen LogP contribution in [-0.2, 0) is 9.59 Å². The molecule has 0 unspecified atom stereocenters. The summed E-state index contributed by atoms with van der Waals surface area (Å²) in [4.78, 5) is 29.4. The first-order chi connectivity index (χ1) is 9.61. The van der Waals surface area contributed by atoms with E-state index in [4.69, 9.17) is 0 Å². The van der Waals surface area contributed by atoms with Gasteiger partial charge in [-0.25, -0.2) is 4.98 Å². The van der Waals surface area contributed by atoms with E-state index in [-0.39, 0.29) is 11.7 Å². The predicted octanol–water partition coefficient (Wildman–Crippen LogP) is 2.17. The third-order valence-electron chi connectivity index (χ3n) is 2.92. The summed E-state index contributed by atoms with van der Waals surface area (Å²) in [5.41, 5.74) is 0.862. The molecule has 5 nitrogen and oxygen atoms in total. The van der Waals surface area contributed by atoms with Crippen LogP contribution in [0.15, 0.2) is 29.6 Å². The molecule has 0 spiro atoms. The van der Waals surface area contributed by atoms with Crippen molar-refractivity contribution < 1.29 is 9.59 Å². The number of anilines is 1. The summed E-state index contributed by atoms with van der Waals surface area (Å²) < 4.78 is 0. The molecular formula is C14H17N3O2S. The predicted molar refractivity (Wildman–Crippen MR) is 79.6 cm³/mol. The van der Waals surface area contributed by atoms with Gasteiger partial charge >= 0.3 is 0 Å². The van der Waals surface area contributed by atoms with E-state index in [1.54, 1.807) is 19.4 Å². The molecule has 1 aliphatic rings. The number of ketones is 1. The summed E-state index contributed by atoms with van der Waals surface area (Å²) in [5.74, 6) is -0.293. The lowest BCUT2D eigenvalue weighted by molar-refractivity contribution is -0.117. The van der Waals surface area contributed by atoms with Crippen LogP contribution in [0.5, 0.6) is 0 Å². The van der Waals surface area contributed by atoms with Gasteiger partial charge in [-0.05, 0) is 19.8 Å². The smallest absolute Gasteiger partial charge is 0.259 e. The first-order valence-corrected chi connectivity index (χ1v) is 7.28. The molecule has 2 N–H and O–H groups in total. The molecule has 0 radical (unpaired) electrons. The van der Waals surface area contributed by atoms with E-state index in [2.05, 4.69) is 15.6 Å². The maximum Gasteiger partial charge on any atom is 0.259 e. The zero-order valence-electron chi connectivity index (χ0n) is 11.5. The number of aryl methyl sites for hydroxylation is 1. The van der Waals surface area contributed by atoms with Crippen LogP contribution in [0.4, 0.5) is 5.13 Å². The Morgan fingerprint density at radius 3 is 2.90 bits per heavy atom. The van der Waals surface area contributed by atoms with Gasteiger partial charge in [0, 0.05) is 36.3 Å². The molecule has 0 fully saturated rings. The van der Waals surface area contributed by atoms with Gasteiger partial charge in [-0.15, -0.1) is 11.3 Å². The number of carbonyl (C=O) groups excluding carboxylic acids is 2. The van der Waals surface area contributed by atoms with Crippen molar-refractivity contribution in [3.63, 3.8) is 0 Å². The Morgan fingerprint density at radius 1 is 1.50 bits per heavy atom. The molecule has 0 aromatic carbocycles. The van der Waals surface area contributed by atoms with Gasteiger partial charge in [-0.2, -0.15) is 0 Å². The van der Waals surface area contributed by atoms with Crippen LogP contribution < -0.4 is 10.6 Å². The van der Waals surface area contributed by atoms with Crippen LogP contribution in [0.25, 0.3) is 0 Å². The second-order valence-corrected chi connectivity index (χ2v) is 5.74. The minimum absolute atomic E-state index is 0.0169. The molecule has 1 heterocycles. The highest BCUT2D eigenvalue weighted by Gasteiger charge is 2.23. The van der Waals surface area contributed by atoms with Crippen molar-refractivity contribution >= 4 is 28.2 Å². The molecule has 0 aliphatic heterocycles. The lowest BCUT2D eigenvalue weighted by Crippen LogP contribution is -2.22. The maximum atomic E-state index is 12.3. The summed E-state index contributed by atoms with van der Waals surface area (Å²) in [6, 6.07) is 0. The molecular weight excluding hydrogens is 274 g/mol. The van der Waals surface area contributed by atoms with Crippen LogP contribution in [0.1, 0.15) is 24.1 Å². The quantitative estimate of drug-likeness (QED) is 0.834. The van der Waals surface area contributed by atoms with Gasteiger partial charge in [0.2, 0.25) is 0 Å². The Labute approximate surface area is 121 Å². The van der Waals surface area contributed by atoms with E-state index in [9.17, 15) is 9.59 Å². The SMILES string of the molecule is CN/C=C(/C(=O)Nc1ncc(C)s1)C1=CCCCC1=O. The molecule has 6 heteroatoms. The number of thiazole rings is 1. The molecule has 0 saturated heterocycles. The van der Waals surface area contributed by atoms with Crippen LogP contribution in [-0.4, -0.2) is 23.7 Å². The van der Waals surface area contributed by atoms with Crippen LogP contribution in [0.3, 0.4) is 0 Å². The Morgan fingerprint density at radius 2 is 2.30 bits per heavy atom. The third-order valence-corrected chi connectivity index (χ3v) is 3.75. The summed E-state index contributed by atoms with van der Waals surface area (Å²) in [7, 11) is 1.70. The normalized spacial score (nSPS) is 15.8. The summed E-state index contributed by atoms with van der Waals surface area (Å²) in [6.07, 6.45) is 7.27. The number of nitrogens with one attached hydrogen (secondary N) is 2. The number of carbonyl (C=O) groups is 2. The van der Waals surface area contributed by atoms with Crippen molar-refractivity contribution in [2.75, 3.05) is 12.4 Å². The van der Waals surface area contributed by atoms with Crippen molar-refractivity contribution in [1.29, 1.82) is 0 Å². The number of allylic oxidation sites excluding steroid dienone is 1. The van der Waals surface area contributed by atoms with Gasteiger partial charge < -0.3 is 5.32 Å². The van der Waals surface area contributed by atoms with Crippen molar-refractivity contribution in [2.45, 2.75) is 26.2 Å². The van der Waals surface area contributed by atoms with Crippen LogP contribution in [0, 0.1) is 6.92 Å².